The number of carboxylic acids is 1. The van der Waals surface area contributed by atoms with Crippen LogP contribution in [0, 0.1) is 11.3 Å². The second-order valence-electron chi connectivity index (χ2n) is 1.31. The van der Waals surface area contributed by atoms with Crippen molar-refractivity contribution in [1.29, 1.82) is 5.26 Å². The lowest BCUT2D eigenvalue weighted by atomic mass is 10.3. The molecular weight excluding hydrogens is 122 g/mol. The molecule has 0 spiro atoms. The molecule has 0 unspecified atom stereocenters. The van der Waals surface area contributed by atoms with Gasteiger partial charge in [0.15, 0.2) is 0 Å². The monoisotopic (exact) mass is 127 g/mol. The summed E-state index contributed by atoms with van der Waals surface area (Å²) in [4.78, 5) is 9.74. The van der Waals surface area contributed by atoms with Gasteiger partial charge in [-0.3, -0.25) is 0 Å². The fourth-order valence-electron chi connectivity index (χ4n) is 0.275. The fraction of sp³-hybridized carbons (Fsp3) is 0.200. The second-order valence-corrected chi connectivity index (χ2v) is 1.31. The van der Waals surface area contributed by atoms with E-state index in [0.717, 1.165) is 0 Å². The van der Waals surface area contributed by atoms with Crippen LogP contribution in [0.3, 0.4) is 0 Å². The zero-order valence-corrected chi connectivity index (χ0v) is 4.53. The van der Waals surface area contributed by atoms with Crippen molar-refractivity contribution in [2.24, 2.45) is 0 Å². The summed E-state index contributed by atoms with van der Waals surface area (Å²) >= 11 is 0. The van der Waals surface area contributed by atoms with E-state index >= 15 is 0 Å². The van der Waals surface area contributed by atoms with E-state index in [-0.39, 0.29) is 6.42 Å². The van der Waals surface area contributed by atoms with E-state index in [1.165, 1.54) is 0 Å². The Bertz CT molecular complexity index is 177. The Labute approximate surface area is 51.7 Å². The van der Waals surface area contributed by atoms with Gasteiger partial charge in [0.05, 0.1) is 18.6 Å². The lowest BCUT2D eigenvalue weighted by Crippen LogP contribution is -1.90. The third-order valence-electron chi connectivity index (χ3n) is 0.550. The van der Waals surface area contributed by atoms with Crippen LogP contribution in [0.1, 0.15) is 6.42 Å². The molecule has 0 aromatic rings. The van der Waals surface area contributed by atoms with Gasteiger partial charge in [-0.25, -0.2) is 4.79 Å². The fourth-order valence-corrected chi connectivity index (χ4v) is 0.275. The van der Waals surface area contributed by atoms with Crippen molar-refractivity contribution in [3.05, 3.63) is 11.8 Å². The zero-order chi connectivity index (χ0) is 7.28. The molecule has 2 N–H and O–H groups in total. The first-order chi connectivity index (χ1) is 4.16. The van der Waals surface area contributed by atoms with Crippen molar-refractivity contribution in [3.63, 3.8) is 0 Å². The molecule has 9 heavy (non-hydrogen) atoms. The van der Waals surface area contributed by atoms with Gasteiger partial charge in [-0.1, -0.05) is 0 Å². The van der Waals surface area contributed by atoms with Crippen molar-refractivity contribution in [2.75, 3.05) is 0 Å². The smallest absolute Gasteiger partial charge is 0.331 e. The average Bonchev–Trinajstić information content (AvgIpc) is 1.63. The standard InChI is InChI=1S/C5H5NO3/c6-2-1-4(7)3-5(8)9/h3,7H,1H2,(H,8,9). The predicted octanol–water partition coefficient (Wildman–Crippen LogP) is 0.427. The van der Waals surface area contributed by atoms with Crippen molar-refractivity contribution >= 4 is 5.97 Å². The molecule has 0 amide bonds. The van der Waals surface area contributed by atoms with E-state index in [9.17, 15) is 4.79 Å². The van der Waals surface area contributed by atoms with Gasteiger partial charge in [-0.2, -0.15) is 5.26 Å². The minimum absolute atomic E-state index is 0.258. The van der Waals surface area contributed by atoms with Crippen LogP contribution in [-0.4, -0.2) is 16.2 Å². The lowest BCUT2D eigenvalue weighted by molar-refractivity contribution is -0.131. The molecule has 0 aromatic carbocycles. The molecule has 0 bridgehead atoms. The Balaban J connectivity index is 3.88. The number of aliphatic hydroxyl groups excluding tert-OH is 1. The van der Waals surface area contributed by atoms with Crippen LogP contribution in [0.4, 0.5) is 0 Å². The number of nitriles is 1. The van der Waals surface area contributed by atoms with E-state index in [0.29, 0.717) is 6.08 Å². The summed E-state index contributed by atoms with van der Waals surface area (Å²) < 4.78 is 0. The summed E-state index contributed by atoms with van der Waals surface area (Å²) in [6.07, 6.45) is 0.329. The molecule has 4 nitrogen and oxygen atoms in total. The van der Waals surface area contributed by atoms with Gasteiger partial charge in [0.2, 0.25) is 0 Å². The first-order valence-corrected chi connectivity index (χ1v) is 2.16. The van der Waals surface area contributed by atoms with Gasteiger partial charge in [-0.15, -0.1) is 0 Å². The summed E-state index contributed by atoms with van der Waals surface area (Å²) in [6.45, 7) is 0. The summed E-state index contributed by atoms with van der Waals surface area (Å²) in [5.41, 5.74) is 0. The summed E-state index contributed by atoms with van der Waals surface area (Å²) in [5.74, 6) is -1.67. The number of aliphatic hydroxyl groups is 1. The summed E-state index contributed by atoms with van der Waals surface area (Å²) in [7, 11) is 0. The molecule has 0 saturated heterocycles. The predicted molar refractivity (Wildman–Crippen MR) is 28.6 cm³/mol. The molecule has 48 valence electrons. The molecule has 4 heteroatoms. The number of hydrogen-bond acceptors (Lipinski definition) is 3. The Hall–Kier alpha value is -1.50. The average molecular weight is 127 g/mol. The Morgan fingerprint density at radius 3 is 2.56 bits per heavy atom. The maximum atomic E-state index is 9.74. The van der Waals surface area contributed by atoms with Crippen molar-refractivity contribution < 1.29 is 15.0 Å². The van der Waals surface area contributed by atoms with E-state index in [1.807, 2.05) is 0 Å². The minimum Gasteiger partial charge on any atom is -0.511 e. The second kappa shape index (κ2) is 3.50. The molecule has 0 heterocycles. The number of allylic oxidation sites excluding steroid dienone is 1. The minimum atomic E-state index is -1.25. The number of aliphatic carboxylic acids is 1. The number of nitrogens with zero attached hydrogens (tertiary/aromatic N) is 1. The number of hydrogen-bond donors (Lipinski definition) is 2. The maximum Gasteiger partial charge on any atom is 0.331 e. The van der Waals surface area contributed by atoms with E-state index in [4.69, 9.17) is 15.5 Å². The first kappa shape index (κ1) is 7.50. The lowest BCUT2D eigenvalue weighted by Gasteiger charge is -1.85. The quantitative estimate of drug-likeness (QED) is 0.416. The van der Waals surface area contributed by atoms with E-state index < -0.39 is 11.7 Å². The van der Waals surface area contributed by atoms with Gasteiger partial charge < -0.3 is 10.2 Å². The highest BCUT2D eigenvalue weighted by molar-refractivity contribution is 5.80. The largest absolute Gasteiger partial charge is 0.511 e. The molecular formula is C5H5NO3. The highest BCUT2D eigenvalue weighted by atomic mass is 16.4. The van der Waals surface area contributed by atoms with Crippen LogP contribution in [0.15, 0.2) is 11.8 Å². The molecule has 0 aliphatic heterocycles. The molecule has 0 saturated carbocycles. The van der Waals surface area contributed by atoms with Crippen LogP contribution in [0.2, 0.25) is 0 Å². The number of carbonyl (C=O) groups is 1. The normalized spacial score (nSPS) is 10.3. The maximum absolute atomic E-state index is 9.74. The van der Waals surface area contributed by atoms with E-state index in [1.54, 1.807) is 6.07 Å². The topological polar surface area (TPSA) is 81.3 Å². The first-order valence-electron chi connectivity index (χ1n) is 2.16. The van der Waals surface area contributed by atoms with Crippen molar-refractivity contribution in [2.45, 2.75) is 6.42 Å². The van der Waals surface area contributed by atoms with Crippen molar-refractivity contribution in [1.82, 2.24) is 0 Å². The zero-order valence-electron chi connectivity index (χ0n) is 4.53. The Morgan fingerprint density at radius 2 is 2.22 bits per heavy atom. The molecule has 0 aliphatic carbocycles. The molecule has 0 radical (unpaired) electrons. The highest BCUT2D eigenvalue weighted by Gasteiger charge is 1.93. The Kier molecular flexibility index (Phi) is 2.91. The van der Waals surface area contributed by atoms with Crippen LogP contribution in [0.5, 0.6) is 0 Å². The summed E-state index contributed by atoms with van der Waals surface area (Å²) in [5, 5.41) is 24.3. The number of rotatable bonds is 2. The third-order valence-corrected chi connectivity index (χ3v) is 0.550. The number of carboxylic acid groups (broad SMARTS) is 1. The molecule has 0 rings (SSSR count). The van der Waals surface area contributed by atoms with Gasteiger partial charge >= 0.3 is 5.97 Å². The van der Waals surface area contributed by atoms with Crippen LogP contribution < -0.4 is 0 Å². The SMILES string of the molecule is N#CCC(O)=CC(=O)O. The Morgan fingerprint density at radius 1 is 1.67 bits per heavy atom. The van der Waals surface area contributed by atoms with Crippen LogP contribution >= 0.6 is 0 Å². The molecule has 0 atom stereocenters. The van der Waals surface area contributed by atoms with Gasteiger partial charge in [-0.05, 0) is 0 Å². The van der Waals surface area contributed by atoms with Crippen molar-refractivity contribution in [3.8, 4) is 6.07 Å². The van der Waals surface area contributed by atoms with Gasteiger partial charge in [0.25, 0.3) is 0 Å². The van der Waals surface area contributed by atoms with Gasteiger partial charge in [0, 0.05) is 0 Å². The molecule has 0 aliphatic rings. The van der Waals surface area contributed by atoms with Crippen LogP contribution in [0.25, 0.3) is 0 Å². The summed E-state index contributed by atoms with van der Waals surface area (Å²) in [6, 6.07) is 1.59. The third kappa shape index (κ3) is 4.35. The highest BCUT2D eigenvalue weighted by Crippen LogP contribution is 1.91. The van der Waals surface area contributed by atoms with Gasteiger partial charge in [0.1, 0.15) is 5.76 Å². The van der Waals surface area contributed by atoms with E-state index in [2.05, 4.69) is 0 Å². The molecule has 0 fully saturated rings. The molecule has 0 aromatic heterocycles. The van der Waals surface area contributed by atoms with Crippen LogP contribution in [-0.2, 0) is 4.79 Å².